The van der Waals surface area contributed by atoms with Crippen molar-refractivity contribution in [2.75, 3.05) is 19.0 Å². The highest BCUT2D eigenvalue weighted by molar-refractivity contribution is 8.01. The molecule has 1 aromatic heterocycles. The molecule has 1 aromatic carbocycles. The van der Waals surface area contributed by atoms with E-state index in [0.717, 1.165) is 19.9 Å². The Morgan fingerprint density at radius 1 is 1.32 bits per heavy atom. The van der Waals surface area contributed by atoms with Crippen LogP contribution in [-0.4, -0.2) is 29.4 Å². The van der Waals surface area contributed by atoms with E-state index in [0.29, 0.717) is 6.42 Å². The zero-order valence-electron chi connectivity index (χ0n) is 11.2. The van der Waals surface area contributed by atoms with Crippen LogP contribution in [0.1, 0.15) is 25.0 Å². The van der Waals surface area contributed by atoms with Gasteiger partial charge in [-0.25, -0.2) is 0 Å². The van der Waals surface area contributed by atoms with Gasteiger partial charge in [-0.1, -0.05) is 48.2 Å². The Morgan fingerprint density at radius 2 is 2.05 bits per heavy atom. The van der Waals surface area contributed by atoms with Crippen LogP contribution in [0.3, 0.4) is 0 Å². The average molecular weight is 295 g/mol. The van der Waals surface area contributed by atoms with Gasteiger partial charge < -0.3 is 10.0 Å². The zero-order chi connectivity index (χ0) is 13.8. The predicted octanol–water partition coefficient (Wildman–Crippen LogP) is 3.20. The van der Waals surface area contributed by atoms with Crippen molar-refractivity contribution in [1.82, 2.24) is 10.2 Å². The lowest BCUT2D eigenvalue weighted by atomic mass is 10.1. The Bertz CT molecular complexity index is 542. The fourth-order valence-electron chi connectivity index (χ4n) is 1.59. The van der Waals surface area contributed by atoms with Gasteiger partial charge in [0.1, 0.15) is 0 Å². The minimum absolute atomic E-state index is 0.426. The van der Waals surface area contributed by atoms with Crippen molar-refractivity contribution in [3.63, 3.8) is 0 Å². The molecule has 0 saturated carbocycles. The Hall–Kier alpha value is -1.11. The highest BCUT2D eigenvalue weighted by Crippen LogP contribution is 2.36. The Labute approximate surface area is 121 Å². The van der Waals surface area contributed by atoms with Gasteiger partial charge in [-0.3, -0.25) is 0 Å². The molecule has 0 spiro atoms. The number of benzene rings is 1. The third-order valence-corrected chi connectivity index (χ3v) is 4.87. The molecule has 0 aliphatic carbocycles. The van der Waals surface area contributed by atoms with Crippen LogP contribution in [0.5, 0.6) is 0 Å². The van der Waals surface area contributed by atoms with Crippen LogP contribution in [0.2, 0.25) is 0 Å². The summed E-state index contributed by atoms with van der Waals surface area (Å²) in [5, 5.41) is 19.2. The summed E-state index contributed by atoms with van der Waals surface area (Å²) < 4.78 is 0.888. The van der Waals surface area contributed by atoms with Gasteiger partial charge in [0.25, 0.3) is 0 Å². The normalized spacial score (nSPS) is 12.4. The lowest BCUT2D eigenvalue weighted by Gasteiger charge is -2.12. The molecule has 0 aliphatic heterocycles. The second kappa shape index (κ2) is 6.36. The van der Waals surface area contributed by atoms with Crippen LogP contribution >= 0.6 is 23.1 Å². The maximum atomic E-state index is 10.0. The van der Waals surface area contributed by atoms with Crippen molar-refractivity contribution in [1.29, 1.82) is 0 Å². The van der Waals surface area contributed by atoms with Crippen LogP contribution in [0.25, 0.3) is 0 Å². The molecule has 0 amide bonds. The fourth-order valence-corrected chi connectivity index (χ4v) is 3.49. The molecular weight excluding hydrogens is 278 g/mol. The van der Waals surface area contributed by atoms with E-state index in [1.807, 2.05) is 50.2 Å². The molecule has 0 saturated heterocycles. The Morgan fingerprint density at radius 3 is 2.68 bits per heavy atom. The molecule has 0 aliphatic rings. The standard InChI is InChI=1S/C13H17N3OS2/c1-4-10(17)9-7-5-6-8-11(9)18-13-15-14-12(19-13)16(2)3/h5-8,10,17H,4H2,1-3H3/t10-/m0/s1. The van der Waals surface area contributed by atoms with Gasteiger partial charge in [-0.05, 0) is 18.1 Å². The summed E-state index contributed by atoms with van der Waals surface area (Å²) in [7, 11) is 3.90. The molecule has 0 fully saturated rings. The van der Waals surface area contributed by atoms with Gasteiger partial charge in [0.05, 0.1) is 6.10 Å². The Kier molecular flexibility index (Phi) is 4.79. The average Bonchev–Trinajstić information content (AvgIpc) is 2.87. The second-order valence-electron chi connectivity index (χ2n) is 4.31. The maximum absolute atomic E-state index is 10.0. The predicted molar refractivity (Wildman–Crippen MR) is 80.1 cm³/mol. The highest BCUT2D eigenvalue weighted by Gasteiger charge is 2.13. The summed E-state index contributed by atoms with van der Waals surface area (Å²) in [6.45, 7) is 1.97. The first-order valence-electron chi connectivity index (χ1n) is 6.07. The first kappa shape index (κ1) is 14.3. The van der Waals surface area contributed by atoms with E-state index in [4.69, 9.17) is 0 Å². The van der Waals surface area contributed by atoms with Gasteiger partial charge in [0.2, 0.25) is 5.13 Å². The molecule has 102 valence electrons. The topological polar surface area (TPSA) is 49.3 Å². The molecule has 1 heterocycles. The third-order valence-electron chi connectivity index (χ3n) is 2.64. The summed E-state index contributed by atoms with van der Waals surface area (Å²) in [4.78, 5) is 2.98. The smallest absolute Gasteiger partial charge is 0.208 e. The van der Waals surface area contributed by atoms with Gasteiger partial charge in [0, 0.05) is 19.0 Å². The van der Waals surface area contributed by atoms with Gasteiger partial charge in [-0.15, -0.1) is 10.2 Å². The molecule has 1 N–H and O–H groups in total. The number of hydrogen-bond acceptors (Lipinski definition) is 6. The monoisotopic (exact) mass is 295 g/mol. The molecule has 6 heteroatoms. The van der Waals surface area contributed by atoms with Crippen molar-refractivity contribution < 1.29 is 5.11 Å². The molecule has 1 atom stereocenters. The largest absolute Gasteiger partial charge is 0.388 e. The molecule has 4 nitrogen and oxygen atoms in total. The summed E-state index contributed by atoms with van der Waals surface area (Å²) in [6, 6.07) is 7.89. The quantitative estimate of drug-likeness (QED) is 0.918. The van der Waals surface area contributed by atoms with Crippen LogP contribution in [0.4, 0.5) is 5.13 Å². The molecule has 0 unspecified atom stereocenters. The third kappa shape index (κ3) is 3.46. The fraction of sp³-hybridized carbons (Fsp3) is 0.385. The number of hydrogen-bond donors (Lipinski definition) is 1. The molecule has 0 radical (unpaired) electrons. The number of rotatable bonds is 5. The number of anilines is 1. The van der Waals surface area contributed by atoms with E-state index in [-0.39, 0.29) is 0 Å². The summed E-state index contributed by atoms with van der Waals surface area (Å²) in [5.41, 5.74) is 0.955. The highest BCUT2D eigenvalue weighted by atomic mass is 32.2. The minimum Gasteiger partial charge on any atom is -0.388 e. The second-order valence-corrected chi connectivity index (χ2v) is 6.55. The van der Waals surface area contributed by atoms with E-state index >= 15 is 0 Å². The minimum atomic E-state index is -0.426. The number of aliphatic hydroxyl groups excluding tert-OH is 1. The van der Waals surface area contributed by atoms with E-state index in [9.17, 15) is 5.11 Å². The first-order valence-corrected chi connectivity index (χ1v) is 7.70. The lowest BCUT2D eigenvalue weighted by molar-refractivity contribution is 0.171. The number of aliphatic hydroxyl groups is 1. The summed E-state index contributed by atoms with van der Waals surface area (Å²) in [5.74, 6) is 0. The zero-order valence-corrected chi connectivity index (χ0v) is 12.8. The molecule has 2 aromatic rings. The van der Waals surface area contributed by atoms with Crippen molar-refractivity contribution in [2.45, 2.75) is 28.7 Å². The van der Waals surface area contributed by atoms with Crippen LogP contribution < -0.4 is 4.90 Å². The SMILES string of the molecule is CC[C@H](O)c1ccccc1Sc1nnc(N(C)C)s1. The van der Waals surface area contributed by atoms with Gasteiger partial charge in [0.15, 0.2) is 4.34 Å². The van der Waals surface area contributed by atoms with Crippen LogP contribution in [0, 0.1) is 0 Å². The van der Waals surface area contributed by atoms with Gasteiger partial charge in [-0.2, -0.15) is 0 Å². The first-order chi connectivity index (χ1) is 9.11. The lowest BCUT2D eigenvalue weighted by Crippen LogP contribution is -2.07. The maximum Gasteiger partial charge on any atom is 0.208 e. The summed E-state index contributed by atoms with van der Waals surface area (Å²) in [6.07, 6.45) is 0.279. The molecule has 2 rings (SSSR count). The summed E-state index contributed by atoms with van der Waals surface area (Å²) >= 11 is 3.10. The van der Waals surface area contributed by atoms with Crippen molar-refractivity contribution >= 4 is 28.2 Å². The Balaban J connectivity index is 2.22. The van der Waals surface area contributed by atoms with Crippen molar-refractivity contribution in [2.24, 2.45) is 0 Å². The molecule has 0 bridgehead atoms. The van der Waals surface area contributed by atoms with E-state index in [1.165, 1.54) is 0 Å². The van der Waals surface area contributed by atoms with Crippen LogP contribution in [-0.2, 0) is 0 Å². The molecular formula is C13H17N3OS2. The van der Waals surface area contributed by atoms with Gasteiger partial charge >= 0.3 is 0 Å². The van der Waals surface area contributed by atoms with E-state index in [1.54, 1.807) is 23.1 Å². The van der Waals surface area contributed by atoms with E-state index < -0.39 is 6.10 Å². The van der Waals surface area contributed by atoms with Crippen molar-refractivity contribution in [3.05, 3.63) is 29.8 Å². The van der Waals surface area contributed by atoms with E-state index in [2.05, 4.69) is 10.2 Å². The van der Waals surface area contributed by atoms with Crippen molar-refractivity contribution in [3.8, 4) is 0 Å². The van der Waals surface area contributed by atoms with Crippen LogP contribution in [0.15, 0.2) is 33.5 Å². The molecule has 19 heavy (non-hydrogen) atoms. The number of nitrogens with zero attached hydrogens (tertiary/aromatic N) is 3. The number of aromatic nitrogens is 2.